The lowest BCUT2D eigenvalue weighted by Gasteiger charge is -2.00. The van der Waals surface area contributed by atoms with Crippen LogP contribution in [-0.2, 0) is 0 Å². The van der Waals surface area contributed by atoms with E-state index in [1.165, 1.54) is 0 Å². The molecule has 2 N–H and O–H groups in total. The highest BCUT2D eigenvalue weighted by Crippen LogP contribution is 2.20. The first-order valence-electron chi connectivity index (χ1n) is 8.08. The maximum absolute atomic E-state index is 5.06. The number of rotatable bonds is 4. The SMILES string of the molecule is COc1ccc(-c2ccn[nH]2)cc1.COc1ccc(-c2ccn[nH]2)cc1. The van der Waals surface area contributed by atoms with Crippen molar-refractivity contribution in [1.82, 2.24) is 20.4 Å². The second-order valence-corrected chi connectivity index (χ2v) is 5.40. The minimum atomic E-state index is 0.864. The number of methoxy groups -OCH3 is 2. The van der Waals surface area contributed by atoms with Crippen molar-refractivity contribution in [2.24, 2.45) is 0 Å². The minimum absolute atomic E-state index is 0.864. The summed E-state index contributed by atoms with van der Waals surface area (Å²) >= 11 is 0. The molecule has 2 aromatic carbocycles. The normalized spacial score (nSPS) is 9.92. The summed E-state index contributed by atoms with van der Waals surface area (Å²) in [6.45, 7) is 0. The van der Waals surface area contributed by atoms with Crippen molar-refractivity contribution >= 4 is 0 Å². The number of ether oxygens (including phenoxy) is 2. The van der Waals surface area contributed by atoms with E-state index in [4.69, 9.17) is 9.47 Å². The number of aromatic amines is 2. The minimum Gasteiger partial charge on any atom is -0.497 e. The predicted octanol–water partition coefficient (Wildman–Crippen LogP) is 4.17. The highest BCUT2D eigenvalue weighted by molar-refractivity contribution is 5.60. The third-order valence-electron chi connectivity index (χ3n) is 3.80. The van der Waals surface area contributed by atoms with Crippen molar-refractivity contribution in [1.29, 1.82) is 0 Å². The van der Waals surface area contributed by atoms with E-state index in [2.05, 4.69) is 20.4 Å². The highest BCUT2D eigenvalue weighted by Gasteiger charge is 1.98. The first kappa shape index (κ1) is 17.3. The lowest BCUT2D eigenvalue weighted by Crippen LogP contribution is -1.82. The fraction of sp³-hybridized carbons (Fsp3) is 0.100. The third kappa shape index (κ3) is 4.30. The number of H-pyrrole nitrogens is 2. The van der Waals surface area contributed by atoms with Crippen LogP contribution in [0.1, 0.15) is 0 Å². The number of hydrogen-bond acceptors (Lipinski definition) is 4. The molecule has 6 heteroatoms. The quantitative estimate of drug-likeness (QED) is 0.580. The molecule has 0 unspecified atom stereocenters. The van der Waals surface area contributed by atoms with Gasteiger partial charge in [-0.05, 0) is 71.8 Å². The van der Waals surface area contributed by atoms with Crippen molar-refractivity contribution < 1.29 is 9.47 Å². The van der Waals surface area contributed by atoms with Crippen LogP contribution in [0.5, 0.6) is 11.5 Å². The molecule has 26 heavy (non-hydrogen) atoms. The van der Waals surface area contributed by atoms with E-state index < -0.39 is 0 Å². The average molecular weight is 348 g/mol. The molecule has 0 spiro atoms. The molecule has 0 atom stereocenters. The number of nitrogens with one attached hydrogen (secondary N) is 2. The van der Waals surface area contributed by atoms with Crippen LogP contribution in [0.15, 0.2) is 73.1 Å². The number of hydrogen-bond donors (Lipinski definition) is 2. The van der Waals surface area contributed by atoms with Crippen molar-refractivity contribution in [3.63, 3.8) is 0 Å². The van der Waals surface area contributed by atoms with E-state index in [9.17, 15) is 0 Å². The summed E-state index contributed by atoms with van der Waals surface area (Å²) in [5, 5.41) is 13.6. The Labute approximate surface area is 151 Å². The third-order valence-corrected chi connectivity index (χ3v) is 3.80. The van der Waals surface area contributed by atoms with Crippen LogP contribution in [0.25, 0.3) is 22.5 Å². The summed E-state index contributed by atoms with van der Waals surface area (Å²) in [7, 11) is 3.32. The maximum Gasteiger partial charge on any atom is 0.118 e. The molecular formula is C20H20N4O2. The van der Waals surface area contributed by atoms with Crippen LogP contribution in [0.2, 0.25) is 0 Å². The molecule has 0 saturated heterocycles. The van der Waals surface area contributed by atoms with Gasteiger partial charge in [-0.2, -0.15) is 10.2 Å². The predicted molar refractivity (Wildman–Crippen MR) is 101 cm³/mol. The highest BCUT2D eigenvalue weighted by atomic mass is 16.5. The van der Waals surface area contributed by atoms with Gasteiger partial charge in [0.2, 0.25) is 0 Å². The molecule has 0 saturated carbocycles. The Bertz CT molecular complexity index is 806. The fourth-order valence-corrected chi connectivity index (χ4v) is 2.37. The summed E-state index contributed by atoms with van der Waals surface area (Å²) in [5.41, 5.74) is 4.25. The van der Waals surface area contributed by atoms with Crippen molar-refractivity contribution in [3.05, 3.63) is 73.1 Å². The van der Waals surface area contributed by atoms with Crippen molar-refractivity contribution in [2.45, 2.75) is 0 Å². The van der Waals surface area contributed by atoms with Gasteiger partial charge in [0.05, 0.1) is 25.6 Å². The van der Waals surface area contributed by atoms with Gasteiger partial charge in [-0.3, -0.25) is 10.2 Å². The second kappa shape index (κ2) is 8.53. The Balaban J connectivity index is 0.000000151. The van der Waals surface area contributed by atoms with Crippen LogP contribution in [0.4, 0.5) is 0 Å². The fourth-order valence-electron chi connectivity index (χ4n) is 2.37. The van der Waals surface area contributed by atoms with Gasteiger partial charge in [-0.15, -0.1) is 0 Å². The number of aromatic nitrogens is 4. The van der Waals surface area contributed by atoms with Gasteiger partial charge in [0.25, 0.3) is 0 Å². The zero-order valence-corrected chi connectivity index (χ0v) is 14.6. The molecule has 4 aromatic rings. The van der Waals surface area contributed by atoms with Crippen LogP contribution in [-0.4, -0.2) is 34.6 Å². The van der Waals surface area contributed by atoms with E-state index in [1.807, 2.05) is 60.7 Å². The molecule has 0 bridgehead atoms. The topological polar surface area (TPSA) is 75.8 Å². The van der Waals surface area contributed by atoms with Gasteiger partial charge in [-0.25, -0.2) is 0 Å². The van der Waals surface area contributed by atoms with Gasteiger partial charge in [0.1, 0.15) is 11.5 Å². The molecular weight excluding hydrogens is 328 g/mol. The standard InChI is InChI=1S/2C10H10N2O/c2*1-13-9-4-2-8(3-5-9)10-6-7-11-12-10/h2*2-7H,1H3,(H,11,12). The Morgan fingerprint density at radius 2 is 0.962 bits per heavy atom. The molecule has 0 amide bonds. The zero-order chi connectivity index (χ0) is 18.2. The molecule has 2 heterocycles. The first-order valence-corrected chi connectivity index (χ1v) is 8.08. The second-order valence-electron chi connectivity index (χ2n) is 5.40. The Morgan fingerprint density at radius 1 is 0.577 bits per heavy atom. The van der Waals surface area contributed by atoms with E-state index in [0.29, 0.717) is 0 Å². The molecule has 6 nitrogen and oxygen atoms in total. The van der Waals surface area contributed by atoms with E-state index in [-0.39, 0.29) is 0 Å². The van der Waals surface area contributed by atoms with Crippen molar-refractivity contribution in [3.8, 4) is 34.0 Å². The molecule has 0 fully saturated rings. The van der Waals surface area contributed by atoms with E-state index in [1.54, 1.807) is 26.6 Å². The van der Waals surface area contributed by atoms with Gasteiger partial charge in [-0.1, -0.05) is 0 Å². The van der Waals surface area contributed by atoms with Crippen LogP contribution in [0, 0.1) is 0 Å². The monoisotopic (exact) mass is 348 g/mol. The van der Waals surface area contributed by atoms with Gasteiger partial charge < -0.3 is 9.47 Å². The average Bonchev–Trinajstić information content (AvgIpc) is 3.43. The van der Waals surface area contributed by atoms with Crippen LogP contribution >= 0.6 is 0 Å². The van der Waals surface area contributed by atoms with Crippen LogP contribution < -0.4 is 9.47 Å². The largest absolute Gasteiger partial charge is 0.497 e. The molecule has 0 aliphatic heterocycles. The lowest BCUT2D eigenvalue weighted by molar-refractivity contribution is 0.415. The lowest BCUT2D eigenvalue weighted by atomic mass is 10.1. The summed E-state index contributed by atoms with van der Waals surface area (Å²) < 4.78 is 10.1. The molecule has 0 radical (unpaired) electrons. The number of benzene rings is 2. The van der Waals surface area contributed by atoms with E-state index >= 15 is 0 Å². The molecule has 4 rings (SSSR count). The van der Waals surface area contributed by atoms with Gasteiger partial charge >= 0.3 is 0 Å². The maximum atomic E-state index is 5.06. The smallest absolute Gasteiger partial charge is 0.118 e. The Morgan fingerprint density at radius 3 is 1.23 bits per heavy atom. The summed E-state index contributed by atoms with van der Waals surface area (Å²) in [5.74, 6) is 1.73. The number of nitrogens with zero attached hydrogens (tertiary/aromatic N) is 2. The zero-order valence-electron chi connectivity index (χ0n) is 14.6. The molecule has 0 aliphatic rings. The molecule has 132 valence electrons. The summed E-state index contributed by atoms with van der Waals surface area (Å²) in [4.78, 5) is 0. The summed E-state index contributed by atoms with van der Waals surface area (Å²) in [6.07, 6.45) is 3.47. The van der Waals surface area contributed by atoms with Crippen LogP contribution in [0.3, 0.4) is 0 Å². The first-order chi connectivity index (χ1) is 12.8. The van der Waals surface area contributed by atoms with E-state index in [0.717, 1.165) is 34.0 Å². The Kier molecular flexibility index (Phi) is 5.67. The van der Waals surface area contributed by atoms with Crippen molar-refractivity contribution in [2.75, 3.05) is 14.2 Å². The molecule has 0 aliphatic carbocycles. The summed E-state index contributed by atoms with van der Waals surface area (Å²) in [6, 6.07) is 19.5. The van der Waals surface area contributed by atoms with Gasteiger partial charge in [0.15, 0.2) is 0 Å². The van der Waals surface area contributed by atoms with Gasteiger partial charge in [0, 0.05) is 12.4 Å². The Hall–Kier alpha value is -3.54. The molecule has 2 aromatic heterocycles.